The normalized spacial score (nSPS) is 10.1. The van der Waals surface area contributed by atoms with E-state index < -0.39 is 11.8 Å². The van der Waals surface area contributed by atoms with Crippen LogP contribution in [0.5, 0.6) is 0 Å². The van der Waals surface area contributed by atoms with Gasteiger partial charge in [0.15, 0.2) is 0 Å². The standard InChI is InChI=1S/C17H16FNO3/c1-3-22-17(21)14-5-4-6-15(11(14)2)19-16(20)12-7-9-13(18)10-8-12/h4-10H,3H2,1-2H3,(H,19,20). The molecule has 2 rings (SSSR count). The number of carbonyl (C=O) groups excluding carboxylic acids is 2. The zero-order valence-corrected chi connectivity index (χ0v) is 12.4. The van der Waals surface area contributed by atoms with E-state index >= 15 is 0 Å². The minimum absolute atomic E-state index is 0.282. The number of rotatable bonds is 4. The molecular formula is C17H16FNO3. The number of hydrogen-bond donors (Lipinski definition) is 1. The number of halogens is 1. The number of anilines is 1. The van der Waals surface area contributed by atoms with Gasteiger partial charge in [-0.25, -0.2) is 9.18 Å². The summed E-state index contributed by atoms with van der Waals surface area (Å²) in [6.07, 6.45) is 0. The molecule has 0 aliphatic carbocycles. The highest BCUT2D eigenvalue weighted by molar-refractivity contribution is 6.05. The van der Waals surface area contributed by atoms with Crippen molar-refractivity contribution >= 4 is 17.6 Å². The Hall–Kier alpha value is -2.69. The third-order valence-electron chi connectivity index (χ3n) is 3.18. The lowest BCUT2D eigenvalue weighted by molar-refractivity contribution is 0.0525. The number of nitrogens with one attached hydrogen (secondary N) is 1. The summed E-state index contributed by atoms with van der Waals surface area (Å²) in [6, 6.07) is 10.2. The highest BCUT2D eigenvalue weighted by atomic mass is 19.1. The number of hydrogen-bond acceptors (Lipinski definition) is 3. The molecule has 4 nitrogen and oxygen atoms in total. The predicted octanol–water partition coefficient (Wildman–Crippen LogP) is 3.56. The van der Waals surface area contributed by atoms with Gasteiger partial charge in [-0.05, 0) is 55.8 Å². The van der Waals surface area contributed by atoms with Crippen molar-refractivity contribution in [2.75, 3.05) is 11.9 Å². The van der Waals surface area contributed by atoms with Crippen LogP contribution in [-0.4, -0.2) is 18.5 Å². The van der Waals surface area contributed by atoms with Gasteiger partial charge in [0, 0.05) is 11.3 Å². The Bertz CT molecular complexity index is 696. The molecule has 2 aromatic carbocycles. The van der Waals surface area contributed by atoms with Crippen LogP contribution in [0.3, 0.4) is 0 Å². The predicted molar refractivity (Wildman–Crippen MR) is 81.5 cm³/mol. The second-order valence-electron chi connectivity index (χ2n) is 4.66. The van der Waals surface area contributed by atoms with E-state index in [1.807, 2.05) is 0 Å². The van der Waals surface area contributed by atoms with Crippen molar-refractivity contribution in [3.05, 3.63) is 65.0 Å². The quantitative estimate of drug-likeness (QED) is 0.878. The van der Waals surface area contributed by atoms with Crippen LogP contribution in [0, 0.1) is 12.7 Å². The van der Waals surface area contributed by atoms with E-state index in [1.165, 1.54) is 24.3 Å². The zero-order chi connectivity index (χ0) is 16.1. The summed E-state index contributed by atoms with van der Waals surface area (Å²) in [4.78, 5) is 24.0. The summed E-state index contributed by atoms with van der Waals surface area (Å²) in [5.41, 5.74) is 1.87. The summed E-state index contributed by atoms with van der Waals surface area (Å²) < 4.78 is 17.8. The number of benzene rings is 2. The first kappa shape index (κ1) is 15.7. The maximum absolute atomic E-state index is 12.9. The van der Waals surface area contributed by atoms with Crippen LogP contribution in [0.25, 0.3) is 0 Å². The SMILES string of the molecule is CCOC(=O)c1cccc(NC(=O)c2ccc(F)cc2)c1C. The molecular weight excluding hydrogens is 285 g/mol. The first-order valence-corrected chi connectivity index (χ1v) is 6.86. The van der Waals surface area contributed by atoms with Gasteiger partial charge >= 0.3 is 5.97 Å². The maximum atomic E-state index is 12.9. The smallest absolute Gasteiger partial charge is 0.338 e. The minimum atomic E-state index is -0.433. The number of amides is 1. The fraction of sp³-hybridized carbons (Fsp3) is 0.176. The third-order valence-corrected chi connectivity index (χ3v) is 3.18. The first-order chi connectivity index (χ1) is 10.5. The van der Waals surface area contributed by atoms with E-state index in [4.69, 9.17) is 4.74 Å². The molecule has 1 amide bonds. The summed E-state index contributed by atoms with van der Waals surface area (Å²) in [6.45, 7) is 3.74. The van der Waals surface area contributed by atoms with Gasteiger partial charge in [0.1, 0.15) is 5.82 Å². The van der Waals surface area contributed by atoms with Gasteiger partial charge in [0.25, 0.3) is 5.91 Å². The summed E-state index contributed by atoms with van der Waals surface area (Å²) in [5, 5.41) is 2.71. The van der Waals surface area contributed by atoms with Gasteiger partial charge in [-0.1, -0.05) is 6.07 Å². The Kier molecular flexibility index (Phi) is 4.88. The molecule has 0 atom stereocenters. The van der Waals surface area contributed by atoms with E-state index in [9.17, 15) is 14.0 Å². The molecule has 2 aromatic rings. The van der Waals surface area contributed by atoms with Gasteiger partial charge < -0.3 is 10.1 Å². The Labute approximate surface area is 127 Å². The summed E-state index contributed by atoms with van der Waals surface area (Å²) in [7, 11) is 0. The van der Waals surface area contributed by atoms with Gasteiger partial charge in [-0.15, -0.1) is 0 Å². The number of ether oxygens (including phenoxy) is 1. The molecule has 0 aliphatic heterocycles. The largest absolute Gasteiger partial charge is 0.462 e. The Morgan fingerprint density at radius 3 is 2.45 bits per heavy atom. The van der Waals surface area contributed by atoms with E-state index in [1.54, 1.807) is 32.0 Å². The van der Waals surface area contributed by atoms with E-state index in [-0.39, 0.29) is 12.5 Å². The first-order valence-electron chi connectivity index (χ1n) is 6.86. The van der Waals surface area contributed by atoms with Crippen molar-refractivity contribution in [1.29, 1.82) is 0 Å². The van der Waals surface area contributed by atoms with Gasteiger partial charge in [0.2, 0.25) is 0 Å². The van der Waals surface area contributed by atoms with E-state index in [0.717, 1.165) is 0 Å². The van der Waals surface area contributed by atoms with Crippen molar-refractivity contribution in [3.8, 4) is 0 Å². The highest BCUT2D eigenvalue weighted by Gasteiger charge is 2.14. The molecule has 0 bridgehead atoms. The van der Waals surface area contributed by atoms with Gasteiger partial charge in [-0.2, -0.15) is 0 Å². The summed E-state index contributed by atoms with van der Waals surface area (Å²) in [5.74, 6) is -1.21. The van der Waals surface area contributed by atoms with Crippen molar-refractivity contribution in [2.24, 2.45) is 0 Å². The van der Waals surface area contributed by atoms with Crippen LogP contribution < -0.4 is 5.32 Å². The highest BCUT2D eigenvalue weighted by Crippen LogP contribution is 2.20. The van der Waals surface area contributed by atoms with Crippen LogP contribution in [-0.2, 0) is 4.74 Å². The second-order valence-corrected chi connectivity index (χ2v) is 4.66. The Balaban J connectivity index is 2.22. The monoisotopic (exact) mass is 301 g/mol. The van der Waals surface area contributed by atoms with Crippen LogP contribution in [0.2, 0.25) is 0 Å². The van der Waals surface area contributed by atoms with Crippen LogP contribution in [0.1, 0.15) is 33.2 Å². The minimum Gasteiger partial charge on any atom is -0.462 e. The van der Waals surface area contributed by atoms with Crippen LogP contribution in [0.15, 0.2) is 42.5 Å². The van der Waals surface area contributed by atoms with Gasteiger partial charge in [-0.3, -0.25) is 4.79 Å². The van der Waals surface area contributed by atoms with Crippen LogP contribution >= 0.6 is 0 Å². The molecule has 0 aromatic heterocycles. The third kappa shape index (κ3) is 3.49. The van der Waals surface area contributed by atoms with Crippen molar-refractivity contribution in [2.45, 2.75) is 13.8 Å². The molecule has 0 spiro atoms. The molecule has 22 heavy (non-hydrogen) atoms. The number of esters is 1. The fourth-order valence-electron chi connectivity index (χ4n) is 2.00. The van der Waals surface area contributed by atoms with E-state index in [0.29, 0.717) is 22.4 Å². The van der Waals surface area contributed by atoms with Crippen LogP contribution in [0.4, 0.5) is 10.1 Å². The maximum Gasteiger partial charge on any atom is 0.338 e. The summed E-state index contributed by atoms with van der Waals surface area (Å²) >= 11 is 0. The molecule has 0 saturated heterocycles. The van der Waals surface area contributed by atoms with Crippen molar-refractivity contribution in [1.82, 2.24) is 0 Å². The molecule has 5 heteroatoms. The molecule has 0 radical (unpaired) electrons. The topological polar surface area (TPSA) is 55.4 Å². The fourth-order valence-corrected chi connectivity index (χ4v) is 2.00. The average molecular weight is 301 g/mol. The lowest BCUT2D eigenvalue weighted by Crippen LogP contribution is -2.14. The van der Waals surface area contributed by atoms with Crippen molar-refractivity contribution < 1.29 is 18.7 Å². The molecule has 0 saturated carbocycles. The molecule has 0 heterocycles. The van der Waals surface area contributed by atoms with Crippen molar-refractivity contribution in [3.63, 3.8) is 0 Å². The van der Waals surface area contributed by atoms with E-state index in [2.05, 4.69) is 5.32 Å². The molecule has 114 valence electrons. The molecule has 0 fully saturated rings. The number of carbonyl (C=O) groups is 2. The average Bonchev–Trinajstić information content (AvgIpc) is 2.50. The lowest BCUT2D eigenvalue weighted by Gasteiger charge is -2.12. The Morgan fingerprint density at radius 1 is 1.14 bits per heavy atom. The molecule has 1 N–H and O–H groups in total. The molecule has 0 unspecified atom stereocenters. The Morgan fingerprint density at radius 2 is 1.82 bits per heavy atom. The molecule has 0 aliphatic rings. The zero-order valence-electron chi connectivity index (χ0n) is 12.4. The lowest BCUT2D eigenvalue weighted by atomic mass is 10.1. The second kappa shape index (κ2) is 6.85. The van der Waals surface area contributed by atoms with Gasteiger partial charge in [0.05, 0.1) is 12.2 Å².